The predicted octanol–water partition coefficient (Wildman–Crippen LogP) is 4.29. The van der Waals surface area contributed by atoms with E-state index in [-0.39, 0.29) is 16.5 Å². The Hall–Kier alpha value is -1.53. The lowest BCUT2D eigenvalue weighted by Crippen LogP contribution is -1.83. The average Bonchev–Trinajstić information content (AvgIpc) is 2.32. The second-order valence-electron chi connectivity index (χ2n) is 2.91. The molecule has 0 aliphatic heterocycles. The minimum absolute atomic E-state index is 0. The van der Waals surface area contributed by atoms with E-state index in [1.54, 1.807) is 0 Å². The highest BCUT2D eigenvalue weighted by atomic mass is 31.1. The number of hydrogen-bond donors (Lipinski definition) is 0. The van der Waals surface area contributed by atoms with Crippen LogP contribution in [0.3, 0.4) is 0 Å². The molecule has 0 atom stereocenters. The number of benzene rings is 2. The van der Waals surface area contributed by atoms with Crippen LogP contribution in [-0.4, -0.2) is 0 Å². The van der Waals surface area contributed by atoms with Gasteiger partial charge in [-0.25, -0.2) is 0 Å². The fourth-order valence-corrected chi connectivity index (χ4v) is 1.60. The summed E-state index contributed by atoms with van der Waals surface area (Å²) in [7, 11) is -0.0129. The number of hydrogen-bond acceptors (Lipinski definition) is 2. The van der Waals surface area contributed by atoms with Crippen molar-refractivity contribution in [3.05, 3.63) is 60.7 Å². The topological polar surface area (TPSA) is 18.5 Å². The van der Waals surface area contributed by atoms with Crippen LogP contribution in [-0.2, 0) is 0 Å². The molecule has 3 heteroatoms. The number of rotatable bonds is 4. The van der Waals surface area contributed by atoms with Gasteiger partial charge in [0.05, 0.1) is 0 Å². The maximum absolute atomic E-state index is 5.42. The summed E-state index contributed by atoms with van der Waals surface area (Å²) < 4.78 is 10.8. The summed E-state index contributed by atoms with van der Waals surface area (Å²) >= 11 is 0. The Labute approximate surface area is 98.2 Å². The molecule has 0 aromatic heterocycles. The van der Waals surface area contributed by atoms with Crippen LogP contribution in [0.2, 0.25) is 0 Å². The van der Waals surface area contributed by atoms with Gasteiger partial charge in [-0.15, -0.1) is 0 Å². The van der Waals surface area contributed by atoms with Gasteiger partial charge in [0.25, 0.3) is 9.03 Å². The van der Waals surface area contributed by atoms with Crippen molar-refractivity contribution in [1.29, 1.82) is 0 Å². The lowest BCUT2D eigenvalue weighted by atomic mass is 10.3. The Balaban J connectivity index is 0.00000128. The quantitative estimate of drug-likeness (QED) is 0.735. The van der Waals surface area contributed by atoms with Crippen LogP contribution in [0.1, 0.15) is 7.43 Å². The molecule has 2 nitrogen and oxygen atoms in total. The van der Waals surface area contributed by atoms with Gasteiger partial charge in [0.2, 0.25) is 0 Å². The molecular formula is C13H15O2P. The second-order valence-corrected chi connectivity index (χ2v) is 3.49. The standard InChI is InChI=1S/C12H11O2P.CH4/c1-3-7-11(8-4-1)13-15-14-12-9-5-2-6-10-12;/h1-10,15H;1H4. The van der Waals surface area contributed by atoms with Gasteiger partial charge in [-0.2, -0.15) is 0 Å². The van der Waals surface area contributed by atoms with Gasteiger partial charge in [0.15, 0.2) is 0 Å². The van der Waals surface area contributed by atoms with Gasteiger partial charge in [-0.1, -0.05) is 43.8 Å². The first-order chi connectivity index (χ1) is 7.45. The summed E-state index contributed by atoms with van der Waals surface area (Å²) in [6.07, 6.45) is 0. The van der Waals surface area contributed by atoms with E-state index in [2.05, 4.69) is 0 Å². The highest BCUT2D eigenvalue weighted by molar-refractivity contribution is 7.27. The second kappa shape index (κ2) is 6.86. The third kappa shape index (κ3) is 3.92. The fourth-order valence-electron chi connectivity index (χ4n) is 1.09. The van der Waals surface area contributed by atoms with Gasteiger partial charge in [-0.3, -0.25) is 0 Å². The zero-order chi connectivity index (χ0) is 10.3. The summed E-state index contributed by atoms with van der Waals surface area (Å²) in [5, 5.41) is 0. The normalized spacial score (nSPS) is 9.00. The van der Waals surface area contributed by atoms with Crippen molar-refractivity contribution in [1.82, 2.24) is 0 Å². The third-order valence-corrected chi connectivity index (χ3v) is 2.44. The van der Waals surface area contributed by atoms with Gasteiger partial charge in [0.1, 0.15) is 11.5 Å². The summed E-state index contributed by atoms with van der Waals surface area (Å²) in [5.74, 6) is 1.65. The first-order valence-electron chi connectivity index (χ1n) is 4.64. The van der Waals surface area contributed by atoms with Gasteiger partial charge in [0, 0.05) is 0 Å². The van der Waals surface area contributed by atoms with Crippen molar-refractivity contribution in [3.8, 4) is 11.5 Å². The van der Waals surface area contributed by atoms with Crippen molar-refractivity contribution >= 4 is 9.03 Å². The molecule has 16 heavy (non-hydrogen) atoms. The molecule has 0 unspecified atom stereocenters. The summed E-state index contributed by atoms with van der Waals surface area (Å²) in [6, 6.07) is 19.3. The average molecular weight is 234 g/mol. The Morgan fingerprint density at radius 3 is 1.38 bits per heavy atom. The van der Waals surface area contributed by atoms with E-state index in [1.807, 2.05) is 60.7 Å². The smallest absolute Gasteiger partial charge is 0.275 e. The van der Waals surface area contributed by atoms with E-state index in [9.17, 15) is 0 Å². The van der Waals surface area contributed by atoms with E-state index >= 15 is 0 Å². The molecular weight excluding hydrogens is 219 g/mol. The molecule has 0 aliphatic carbocycles. The Morgan fingerprint density at radius 2 is 1.00 bits per heavy atom. The largest absolute Gasteiger partial charge is 0.441 e. The first kappa shape index (κ1) is 12.5. The molecule has 0 fully saturated rings. The van der Waals surface area contributed by atoms with Crippen LogP contribution in [0.15, 0.2) is 60.7 Å². The van der Waals surface area contributed by atoms with Crippen molar-refractivity contribution in [2.24, 2.45) is 0 Å². The van der Waals surface area contributed by atoms with Crippen molar-refractivity contribution in [2.45, 2.75) is 7.43 Å². The highest BCUT2D eigenvalue weighted by Crippen LogP contribution is 2.23. The Morgan fingerprint density at radius 1 is 0.625 bits per heavy atom. The monoisotopic (exact) mass is 234 g/mol. The van der Waals surface area contributed by atoms with Gasteiger partial charge >= 0.3 is 0 Å². The molecule has 2 rings (SSSR count). The minimum Gasteiger partial charge on any atom is -0.441 e. The summed E-state index contributed by atoms with van der Waals surface area (Å²) in [6.45, 7) is 0. The minimum atomic E-state index is -0.0129. The molecule has 0 heterocycles. The Bertz CT molecular complexity index is 350. The molecule has 0 spiro atoms. The van der Waals surface area contributed by atoms with Crippen LogP contribution in [0, 0.1) is 0 Å². The molecule has 0 aliphatic rings. The SMILES string of the molecule is C.c1ccc(OPOc2ccccc2)cc1. The zero-order valence-electron chi connectivity index (χ0n) is 8.09. The molecule has 0 saturated carbocycles. The van der Waals surface area contributed by atoms with Crippen LogP contribution in [0.4, 0.5) is 0 Å². The third-order valence-electron chi connectivity index (χ3n) is 1.81. The van der Waals surface area contributed by atoms with Crippen LogP contribution >= 0.6 is 9.03 Å². The maximum atomic E-state index is 5.42. The van der Waals surface area contributed by atoms with Crippen molar-refractivity contribution in [2.75, 3.05) is 0 Å². The van der Waals surface area contributed by atoms with Crippen LogP contribution in [0.5, 0.6) is 11.5 Å². The summed E-state index contributed by atoms with van der Waals surface area (Å²) in [4.78, 5) is 0. The molecule has 0 radical (unpaired) electrons. The molecule has 2 aromatic carbocycles. The van der Waals surface area contributed by atoms with E-state index in [1.165, 1.54) is 0 Å². The maximum Gasteiger partial charge on any atom is 0.275 e. The number of para-hydroxylation sites is 2. The van der Waals surface area contributed by atoms with Gasteiger partial charge in [-0.05, 0) is 24.3 Å². The zero-order valence-corrected chi connectivity index (χ0v) is 9.09. The van der Waals surface area contributed by atoms with Crippen LogP contribution in [0.25, 0.3) is 0 Å². The molecule has 0 bridgehead atoms. The molecule has 0 saturated heterocycles. The fraction of sp³-hybridized carbons (Fsp3) is 0.0769. The van der Waals surface area contributed by atoms with E-state index in [0.29, 0.717) is 0 Å². The van der Waals surface area contributed by atoms with Crippen molar-refractivity contribution < 1.29 is 9.05 Å². The van der Waals surface area contributed by atoms with Crippen LogP contribution < -0.4 is 9.05 Å². The molecule has 84 valence electrons. The summed E-state index contributed by atoms with van der Waals surface area (Å²) in [5.41, 5.74) is 0. The molecule has 2 aromatic rings. The lowest BCUT2D eigenvalue weighted by Gasteiger charge is -2.06. The molecule has 0 amide bonds. The highest BCUT2D eigenvalue weighted by Gasteiger charge is 1.93. The van der Waals surface area contributed by atoms with E-state index in [4.69, 9.17) is 9.05 Å². The van der Waals surface area contributed by atoms with E-state index < -0.39 is 0 Å². The van der Waals surface area contributed by atoms with E-state index in [0.717, 1.165) is 11.5 Å². The van der Waals surface area contributed by atoms with Gasteiger partial charge < -0.3 is 9.05 Å². The Kier molecular flexibility index (Phi) is 5.38. The van der Waals surface area contributed by atoms with Crippen molar-refractivity contribution in [3.63, 3.8) is 0 Å². The lowest BCUT2D eigenvalue weighted by molar-refractivity contribution is 0.516. The molecule has 0 N–H and O–H groups in total. The predicted molar refractivity (Wildman–Crippen MR) is 69.2 cm³/mol. The first-order valence-corrected chi connectivity index (χ1v) is 5.45.